The van der Waals surface area contributed by atoms with Gasteiger partial charge in [-0.1, -0.05) is 12.1 Å². The van der Waals surface area contributed by atoms with Gasteiger partial charge in [0.25, 0.3) is 0 Å². The number of rotatable bonds is 4. The van der Waals surface area contributed by atoms with Gasteiger partial charge in [-0.2, -0.15) is 5.10 Å². The average molecular weight is 323 g/mol. The third-order valence-corrected chi connectivity index (χ3v) is 2.70. The molecule has 98 valence electrons. The highest BCUT2D eigenvalue weighted by Crippen LogP contribution is 2.13. The molecule has 2 aromatic rings. The minimum atomic E-state index is -0.412. The molecule has 2 rings (SSSR count). The average Bonchev–Trinajstić information content (AvgIpc) is 2.86. The minimum absolute atomic E-state index is 0.190. The predicted octanol–water partition coefficient (Wildman–Crippen LogP) is 2.81. The molecule has 1 aromatic heterocycles. The van der Waals surface area contributed by atoms with E-state index in [1.165, 1.54) is 6.21 Å². The van der Waals surface area contributed by atoms with Gasteiger partial charge in [0.2, 0.25) is 0 Å². The number of ether oxygens (including phenoxy) is 1. The van der Waals surface area contributed by atoms with E-state index in [2.05, 4.69) is 26.5 Å². The molecule has 0 aliphatic carbocycles. The zero-order valence-electron chi connectivity index (χ0n) is 10.1. The number of methoxy groups -OCH3 is 1. The number of halogens is 1. The van der Waals surface area contributed by atoms with Gasteiger partial charge < -0.3 is 9.15 Å². The maximum absolute atomic E-state index is 11.6. The molecule has 0 saturated heterocycles. The lowest BCUT2D eigenvalue weighted by molar-refractivity contribution is 0.0926. The van der Waals surface area contributed by atoms with Gasteiger partial charge in [-0.15, -0.1) is 0 Å². The normalized spacial score (nSPS) is 10.6. The van der Waals surface area contributed by atoms with E-state index in [4.69, 9.17) is 9.15 Å². The molecule has 1 aromatic carbocycles. The van der Waals surface area contributed by atoms with Crippen LogP contribution in [0.2, 0.25) is 0 Å². The number of benzene rings is 1. The van der Waals surface area contributed by atoms with Crippen LogP contribution in [0.25, 0.3) is 0 Å². The second-order valence-electron chi connectivity index (χ2n) is 3.58. The smallest absolute Gasteiger partial charge is 0.307 e. The highest BCUT2D eigenvalue weighted by molar-refractivity contribution is 9.10. The van der Waals surface area contributed by atoms with Crippen molar-refractivity contribution in [3.8, 4) is 5.75 Å². The molecule has 6 heteroatoms. The Morgan fingerprint density at radius 3 is 2.95 bits per heavy atom. The molecule has 5 nitrogen and oxygen atoms in total. The molecular weight excluding hydrogens is 312 g/mol. The maximum atomic E-state index is 11.6. The van der Waals surface area contributed by atoms with E-state index in [0.717, 1.165) is 11.3 Å². The lowest BCUT2D eigenvalue weighted by Crippen LogP contribution is -2.16. The van der Waals surface area contributed by atoms with Crippen LogP contribution in [-0.4, -0.2) is 19.2 Å². The van der Waals surface area contributed by atoms with E-state index >= 15 is 0 Å². The van der Waals surface area contributed by atoms with Crippen LogP contribution < -0.4 is 10.2 Å². The Morgan fingerprint density at radius 1 is 1.42 bits per heavy atom. The van der Waals surface area contributed by atoms with Gasteiger partial charge in [-0.05, 0) is 45.8 Å². The fourth-order valence-corrected chi connectivity index (χ4v) is 1.69. The first-order valence-corrected chi connectivity index (χ1v) is 6.21. The molecule has 0 atom stereocenters. The van der Waals surface area contributed by atoms with Gasteiger partial charge in [-0.3, -0.25) is 4.79 Å². The highest BCUT2D eigenvalue weighted by Gasteiger charge is 2.08. The lowest BCUT2D eigenvalue weighted by atomic mass is 10.2. The largest absolute Gasteiger partial charge is 0.497 e. The van der Waals surface area contributed by atoms with Gasteiger partial charge in [0, 0.05) is 0 Å². The summed E-state index contributed by atoms with van der Waals surface area (Å²) in [6.45, 7) is 0. The first kappa shape index (κ1) is 13.4. The molecule has 0 spiro atoms. The first-order valence-electron chi connectivity index (χ1n) is 5.42. The molecule has 0 bridgehead atoms. The van der Waals surface area contributed by atoms with E-state index in [1.807, 2.05) is 18.2 Å². The van der Waals surface area contributed by atoms with E-state index < -0.39 is 5.91 Å². The Morgan fingerprint density at radius 2 is 2.26 bits per heavy atom. The molecule has 0 unspecified atom stereocenters. The van der Waals surface area contributed by atoms with Crippen molar-refractivity contribution in [1.82, 2.24) is 5.43 Å². The van der Waals surface area contributed by atoms with Crippen molar-refractivity contribution in [2.24, 2.45) is 5.10 Å². The molecule has 0 fully saturated rings. The minimum Gasteiger partial charge on any atom is -0.497 e. The number of hydrogen-bond donors (Lipinski definition) is 1. The van der Waals surface area contributed by atoms with Crippen LogP contribution in [0, 0.1) is 0 Å². The number of nitrogens with zero attached hydrogens (tertiary/aromatic N) is 1. The van der Waals surface area contributed by atoms with Crippen molar-refractivity contribution in [1.29, 1.82) is 0 Å². The fourth-order valence-electron chi connectivity index (χ4n) is 1.38. The summed E-state index contributed by atoms with van der Waals surface area (Å²) in [7, 11) is 1.59. The molecule has 19 heavy (non-hydrogen) atoms. The van der Waals surface area contributed by atoms with Crippen molar-refractivity contribution in [2.75, 3.05) is 7.11 Å². The van der Waals surface area contributed by atoms with Crippen LogP contribution in [0.5, 0.6) is 5.75 Å². The Labute approximate surface area is 118 Å². The SMILES string of the molecule is COc1cccc(/C=N/NC(=O)c2ccc(Br)o2)c1. The molecule has 1 heterocycles. The summed E-state index contributed by atoms with van der Waals surface area (Å²) in [4.78, 5) is 11.6. The number of carbonyl (C=O) groups is 1. The summed E-state index contributed by atoms with van der Waals surface area (Å²) in [5, 5.41) is 3.85. The molecular formula is C13H11BrN2O3. The zero-order chi connectivity index (χ0) is 13.7. The van der Waals surface area contributed by atoms with Crippen LogP contribution in [0.4, 0.5) is 0 Å². The summed E-state index contributed by atoms with van der Waals surface area (Å²) >= 11 is 3.12. The Hall–Kier alpha value is -2.08. The summed E-state index contributed by atoms with van der Waals surface area (Å²) in [6, 6.07) is 10.5. The number of nitrogens with one attached hydrogen (secondary N) is 1. The first-order chi connectivity index (χ1) is 9.19. The van der Waals surface area contributed by atoms with Gasteiger partial charge in [-0.25, -0.2) is 5.43 Å². The van der Waals surface area contributed by atoms with Crippen LogP contribution in [-0.2, 0) is 0 Å². The standard InChI is InChI=1S/C13H11BrN2O3/c1-18-10-4-2-3-9(7-10)8-15-16-13(17)11-5-6-12(14)19-11/h2-8H,1H3,(H,16,17)/b15-8+. The van der Waals surface area contributed by atoms with Crippen molar-refractivity contribution in [3.63, 3.8) is 0 Å². The van der Waals surface area contributed by atoms with Crippen LogP contribution in [0.3, 0.4) is 0 Å². The molecule has 1 N–H and O–H groups in total. The summed E-state index contributed by atoms with van der Waals surface area (Å²) in [6.07, 6.45) is 1.53. The van der Waals surface area contributed by atoms with E-state index in [1.54, 1.807) is 25.3 Å². The van der Waals surface area contributed by atoms with Crippen LogP contribution in [0.15, 0.2) is 50.6 Å². The molecule has 0 radical (unpaired) electrons. The number of amides is 1. The maximum Gasteiger partial charge on any atom is 0.307 e. The third-order valence-electron chi connectivity index (χ3n) is 2.27. The van der Waals surface area contributed by atoms with Gasteiger partial charge in [0.1, 0.15) is 5.75 Å². The van der Waals surface area contributed by atoms with Crippen LogP contribution >= 0.6 is 15.9 Å². The van der Waals surface area contributed by atoms with Crippen molar-refractivity contribution in [3.05, 3.63) is 52.4 Å². The van der Waals surface area contributed by atoms with Crippen molar-refractivity contribution >= 4 is 28.1 Å². The lowest BCUT2D eigenvalue weighted by Gasteiger charge is -1.99. The summed E-state index contributed by atoms with van der Waals surface area (Å²) < 4.78 is 10.7. The second kappa shape index (κ2) is 6.19. The Balaban J connectivity index is 1.97. The molecule has 0 saturated carbocycles. The van der Waals surface area contributed by atoms with Crippen molar-refractivity contribution < 1.29 is 13.9 Å². The van der Waals surface area contributed by atoms with Gasteiger partial charge in [0.05, 0.1) is 13.3 Å². The van der Waals surface area contributed by atoms with E-state index in [0.29, 0.717) is 4.67 Å². The number of carbonyl (C=O) groups excluding carboxylic acids is 1. The monoisotopic (exact) mass is 322 g/mol. The number of furan rings is 1. The quantitative estimate of drug-likeness (QED) is 0.695. The van der Waals surface area contributed by atoms with Crippen molar-refractivity contribution in [2.45, 2.75) is 0 Å². The highest BCUT2D eigenvalue weighted by atomic mass is 79.9. The predicted molar refractivity (Wildman–Crippen MR) is 74.5 cm³/mol. The molecule has 1 amide bonds. The fraction of sp³-hybridized carbons (Fsp3) is 0.0769. The summed E-state index contributed by atoms with van der Waals surface area (Å²) in [5.41, 5.74) is 3.19. The zero-order valence-corrected chi connectivity index (χ0v) is 11.7. The topological polar surface area (TPSA) is 63.8 Å². The molecule has 0 aliphatic rings. The second-order valence-corrected chi connectivity index (χ2v) is 4.36. The Bertz CT molecular complexity index is 607. The summed E-state index contributed by atoms with van der Waals surface area (Å²) in [5.74, 6) is 0.504. The Kier molecular flexibility index (Phi) is 4.35. The third kappa shape index (κ3) is 3.69. The van der Waals surface area contributed by atoms with Gasteiger partial charge >= 0.3 is 5.91 Å². The van der Waals surface area contributed by atoms with Crippen LogP contribution in [0.1, 0.15) is 16.1 Å². The molecule has 0 aliphatic heterocycles. The van der Waals surface area contributed by atoms with Gasteiger partial charge in [0.15, 0.2) is 10.4 Å². The van der Waals surface area contributed by atoms with E-state index in [-0.39, 0.29) is 5.76 Å². The number of hydrazone groups is 1. The van der Waals surface area contributed by atoms with E-state index in [9.17, 15) is 4.79 Å². The number of hydrogen-bond acceptors (Lipinski definition) is 4.